The van der Waals surface area contributed by atoms with Gasteiger partial charge in [-0.3, -0.25) is 4.79 Å². The molecule has 0 heterocycles. The number of ether oxygens (including phenoxy) is 1. The van der Waals surface area contributed by atoms with Gasteiger partial charge in [0.15, 0.2) is 6.61 Å². The first-order valence-electron chi connectivity index (χ1n) is 5.66. The first-order chi connectivity index (χ1) is 7.99. The summed E-state index contributed by atoms with van der Waals surface area (Å²) in [5.41, 5.74) is 0. The molecule has 0 bridgehead atoms. The molecule has 3 nitrogen and oxygen atoms in total. The second-order valence-electron chi connectivity index (χ2n) is 4.34. The van der Waals surface area contributed by atoms with Gasteiger partial charge in [-0.15, -0.1) is 0 Å². The van der Waals surface area contributed by atoms with Gasteiger partial charge in [0.25, 0.3) is 5.91 Å². The van der Waals surface area contributed by atoms with E-state index in [2.05, 4.69) is 19.2 Å². The molecule has 0 fully saturated rings. The maximum Gasteiger partial charge on any atom is 0.258 e. The molecule has 4 heteroatoms. The minimum atomic E-state index is -0.110. The van der Waals surface area contributed by atoms with Crippen LogP contribution in [0.5, 0.6) is 5.75 Å². The van der Waals surface area contributed by atoms with Crippen molar-refractivity contribution in [3.63, 3.8) is 0 Å². The highest BCUT2D eigenvalue weighted by Crippen LogP contribution is 2.15. The third-order valence-corrected chi connectivity index (χ3v) is 2.82. The molecule has 0 radical (unpaired) electrons. The van der Waals surface area contributed by atoms with Crippen LogP contribution in [0.3, 0.4) is 0 Å². The zero-order chi connectivity index (χ0) is 12.8. The molecule has 0 aliphatic heterocycles. The Morgan fingerprint density at radius 1 is 1.29 bits per heavy atom. The lowest BCUT2D eigenvalue weighted by molar-refractivity contribution is -0.124. The van der Waals surface area contributed by atoms with E-state index < -0.39 is 0 Å². The molecule has 0 aromatic heterocycles. The fourth-order valence-corrected chi connectivity index (χ4v) is 1.27. The molecule has 0 spiro atoms. The van der Waals surface area contributed by atoms with E-state index in [1.165, 1.54) is 0 Å². The van der Waals surface area contributed by atoms with Crippen molar-refractivity contribution in [3.05, 3.63) is 29.3 Å². The van der Waals surface area contributed by atoms with E-state index in [1.54, 1.807) is 24.3 Å². The quantitative estimate of drug-likeness (QED) is 0.879. The number of amides is 1. The zero-order valence-corrected chi connectivity index (χ0v) is 11.1. The smallest absolute Gasteiger partial charge is 0.258 e. The largest absolute Gasteiger partial charge is 0.484 e. The van der Waals surface area contributed by atoms with Gasteiger partial charge in [-0.1, -0.05) is 25.4 Å². The van der Waals surface area contributed by atoms with Gasteiger partial charge in [-0.2, -0.15) is 0 Å². The van der Waals surface area contributed by atoms with Crippen LogP contribution >= 0.6 is 11.6 Å². The lowest BCUT2D eigenvalue weighted by Crippen LogP contribution is -2.38. The molecule has 1 rings (SSSR count). The van der Waals surface area contributed by atoms with Gasteiger partial charge >= 0.3 is 0 Å². The Morgan fingerprint density at radius 2 is 1.88 bits per heavy atom. The van der Waals surface area contributed by atoms with E-state index in [0.29, 0.717) is 16.7 Å². The summed E-state index contributed by atoms with van der Waals surface area (Å²) in [6.45, 7) is 6.12. The van der Waals surface area contributed by atoms with Crippen LogP contribution in [0, 0.1) is 5.92 Å². The maximum atomic E-state index is 11.5. The molecule has 0 saturated carbocycles. The van der Waals surface area contributed by atoms with Crippen molar-refractivity contribution >= 4 is 17.5 Å². The molecule has 0 aliphatic carbocycles. The monoisotopic (exact) mass is 255 g/mol. The molecule has 1 aromatic rings. The standard InChI is InChI=1S/C13H18ClNO2/c1-9(2)10(3)15-13(16)8-17-12-6-4-11(14)5-7-12/h4-7,9-10H,8H2,1-3H3,(H,15,16)/t10-/m1/s1. The lowest BCUT2D eigenvalue weighted by Gasteiger charge is -2.17. The number of halogens is 1. The predicted molar refractivity (Wildman–Crippen MR) is 69.4 cm³/mol. The number of carbonyl (C=O) groups excluding carboxylic acids is 1. The molecule has 0 aliphatic rings. The molecule has 0 unspecified atom stereocenters. The normalized spacial score (nSPS) is 12.3. The summed E-state index contributed by atoms with van der Waals surface area (Å²) < 4.78 is 5.33. The van der Waals surface area contributed by atoms with E-state index in [0.717, 1.165) is 0 Å². The number of hydrogen-bond donors (Lipinski definition) is 1. The summed E-state index contributed by atoms with van der Waals surface area (Å²) in [7, 11) is 0. The van der Waals surface area contributed by atoms with E-state index in [-0.39, 0.29) is 18.6 Å². The van der Waals surface area contributed by atoms with Gasteiger partial charge in [0.05, 0.1) is 0 Å². The van der Waals surface area contributed by atoms with Crippen molar-refractivity contribution in [1.82, 2.24) is 5.32 Å². The molecule has 1 amide bonds. The summed E-state index contributed by atoms with van der Waals surface area (Å²) in [5, 5.41) is 3.52. The minimum absolute atomic E-state index is 0.0265. The highest BCUT2D eigenvalue weighted by molar-refractivity contribution is 6.30. The first-order valence-corrected chi connectivity index (χ1v) is 6.04. The topological polar surface area (TPSA) is 38.3 Å². The van der Waals surface area contributed by atoms with Crippen molar-refractivity contribution in [3.8, 4) is 5.75 Å². The summed E-state index contributed by atoms with van der Waals surface area (Å²) in [6.07, 6.45) is 0. The van der Waals surface area contributed by atoms with Crippen molar-refractivity contribution in [2.24, 2.45) is 5.92 Å². The van der Waals surface area contributed by atoms with Gasteiger partial charge in [-0.25, -0.2) is 0 Å². The zero-order valence-electron chi connectivity index (χ0n) is 10.4. The Labute approximate surface area is 107 Å². The Hall–Kier alpha value is -1.22. The minimum Gasteiger partial charge on any atom is -0.484 e. The van der Waals surface area contributed by atoms with Crippen LogP contribution in [0.15, 0.2) is 24.3 Å². The number of carbonyl (C=O) groups is 1. The molecule has 1 aromatic carbocycles. The summed E-state index contributed by atoms with van der Waals surface area (Å²) in [6, 6.07) is 7.08. The average molecular weight is 256 g/mol. The Kier molecular flexibility index (Phi) is 5.29. The molecular weight excluding hydrogens is 238 g/mol. The van der Waals surface area contributed by atoms with Crippen LogP contribution in [0.2, 0.25) is 5.02 Å². The number of nitrogens with one attached hydrogen (secondary N) is 1. The fraction of sp³-hybridized carbons (Fsp3) is 0.462. The lowest BCUT2D eigenvalue weighted by atomic mass is 10.1. The van der Waals surface area contributed by atoms with Gasteiger partial charge in [0.2, 0.25) is 0 Å². The van der Waals surface area contributed by atoms with E-state index in [1.807, 2.05) is 6.92 Å². The van der Waals surface area contributed by atoms with Crippen molar-refractivity contribution in [2.45, 2.75) is 26.8 Å². The van der Waals surface area contributed by atoms with Crippen LogP contribution in [-0.2, 0) is 4.79 Å². The number of hydrogen-bond acceptors (Lipinski definition) is 2. The van der Waals surface area contributed by atoms with Gasteiger partial charge in [0.1, 0.15) is 5.75 Å². The third-order valence-electron chi connectivity index (χ3n) is 2.57. The van der Waals surface area contributed by atoms with Crippen LogP contribution in [-0.4, -0.2) is 18.6 Å². The van der Waals surface area contributed by atoms with Gasteiger partial charge in [0, 0.05) is 11.1 Å². The number of benzene rings is 1. The summed E-state index contributed by atoms with van der Waals surface area (Å²) >= 11 is 5.74. The molecule has 0 saturated heterocycles. The average Bonchev–Trinajstić information content (AvgIpc) is 2.28. The SMILES string of the molecule is CC(C)[C@@H](C)NC(=O)COc1ccc(Cl)cc1. The van der Waals surface area contributed by atoms with Crippen LogP contribution in [0.25, 0.3) is 0 Å². The molecule has 1 N–H and O–H groups in total. The summed E-state index contributed by atoms with van der Waals surface area (Å²) in [4.78, 5) is 11.5. The van der Waals surface area contributed by atoms with Crippen LogP contribution in [0.4, 0.5) is 0 Å². The fourth-order valence-electron chi connectivity index (χ4n) is 1.14. The van der Waals surface area contributed by atoms with Crippen molar-refractivity contribution in [2.75, 3.05) is 6.61 Å². The van der Waals surface area contributed by atoms with Crippen molar-refractivity contribution < 1.29 is 9.53 Å². The van der Waals surface area contributed by atoms with E-state index >= 15 is 0 Å². The van der Waals surface area contributed by atoms with E-state index in [4.69, 9.17) is 16.3 Å². The molecule has 94 valence electrons. The highest BCUT2D eigenvalue weighted by Gasteiger charge is 2.10. The Bertz CT molecular complexity index is 362. The number of rotatable bonds is 5. The van der Waals surface area contributed by atoms with Crippen LogP contribution in [0.1, 0.15) is 20.8 Å². The molecule has 1 atom stereocenters. The third kappa shape index (κ3) is 5.09. The van der Waals surface area contributed by atoms with Gasteiger partial charge in [-0.05, 0) is 37.1 Å². The summed E-state index contributed by atoms with van der Waals surface area (Å²) in [5.74, 6) is 0.942. The second kappa shape index (κ2) is 6.50. The maximum absolute atomic E-state index is 11.5. The van der Waals surface area contributed by atoms with Gasteiger partial charge < -0.3 is 10.1 Å². The second-order valence-corrected chi connectivity index (χ2v) is 4.78. The Morgan fingerprint density at radius 3 is 2.41 bits per heavy atom. The Balaban J connectivity index is 2.35. The van der Waals surface area contributed by atoms with Crippen LogP contribution < -0.4 is 10.1 Å². The van der Waals surface area contributed by atoms with E-state index in [9.17, 15) is 4.79 Å². The first kappa shape index (κ1) is 13.8. The molecular formula is C13H18ClNO2. The highest BCUT2D eigenvalue weighted by atomic mass is 35.5. The predicted octanol–water partition coefficient (Wildman–Crippen LogP) is 2.88. The van der Waals surface area contributed by atoms with Crippen molar-refractivity contribution in [1.29, 1.82) is 0 Å². The molecule has 17 heavy (non-hydrogen) atoms.